The Bertz CT molecular complexity index is 2680. The van der Waals surface area contributed by atoms with Crippen LogP contribution in [0.3, 0.4) is 0 Å². The lowest BCUT2D eigenvalue weighted by Gasteiger charge is -2.31. The number of nitrogens with zero attached hydrogens (tertiary/aromatic N) is 3. The molecule has 2 fully saturated rings. The first-order valence-corrected chi connectivity index (χ1v) is 35.4. The summed E-state index contributed by atoms with van der Waals surface area (Å²) in [5.41, 5.74) is 10.6. The van der Waals surface area contributed by atoms with Crippen LogP contribution in [0.1, 0.15) is 131 Å². The molecule has 34 heteroatoms. The number of aliphatic carboxylic acids is 1. The summed E-state index contributed by atoms with van der Waals surface area (Å²) in [5, 5.41) is 49.7. The van der Waals surface area contributed by atoms with Gasteiger partial charge in [0.05, 0.1) is 18.7 Å². The van der Waals surface area contributed by atoms with Crippen molar-refractivity contribution < 1.29 is 57.8 Å². The van der Waals surface area contributed by atoms with E-state index in [0.717, 1.165) is 46.2 Å². The molecule has 0 radical (unpaired) electrons. The van der Waals surface area contributed by atoms with Gasteiger partial charge in [-0.05, 0) is 131 Å². The average Bonchev–Trinajstić information content (AvgIpc) is 1.18. The van der Waals surface area contributed by atoms with Crippen LogP contribution in [-0.2, 0) is 59.2 Å². The van der Waals surface area contributed by atoms with Crippen LogP contribution in [0.4, 0.5) is 0 Å². The summed E-state index contributed by atoms with van der Waals surface area (Å²) < 4.78 is 0. The molecule has 526 valence electrons. The number of carbonyl (C=O) groups excluding carboxylic acids is 10. The van der Waals surface area contributed by atoms with Gasteiger partial charge < -0.3 is 80.4 Å². The third-order valence-corrected chi connectivity index (χ3v) is 19.6. The van der Waals surface area contributed by atoms with Gasteiger partial charge in [0.15, 0.2) is 5.96 Å². The Balaban J connectivity index is 1.81. The number of carboxylic acid groups (broad SMARTS) is 1. The number of thioether (sulfide) groups is 1. The molecule has 94 heavy (non-hydrogen) atoms. The lowest BCUT2D eigenvalue weighted by atomic mass is 9.92. The smallest absolute Gasteiger partial charge is 0.305 e. The Morgan fingerprint density at radius 3 is 1.68 bits per heavy atom. The molecular formula is C60H99N17O14S3. The van der Waals surface area contributed by atoms with E-state index in [1.807, 2.05) is 27.7 Å². The van der Waals surface area contributed by atoms with Gasteiger partial charge in [0.2, 0.25) is 59.1 Å². The average molecular weight is 1380 g/mol. The molecule has 31 nitrogen and oxygen atoms in total. The van der Waals surface area contributed by atoms with E-state index in [9.17, 15) is 67.7 Å². The molecule has 1 aromatic rings. The highest BCUT2D eigenvalue weighted by Gasteiger charge is 2.35. The van der Waals surface area contributed by atoms with Crippen molar-refractivity contribution >= 4 is 104 Å². The second-order valence-corrected chi connectivity index (χ2v) is 28.2. The van der Waals surface area contributed by atoms with E-state index in [2.05, 4.69) is 79.1 Å². The predicted octanol–water partition coefficient (Wildman–Crippen LogP) is -0.165. The number of nitrogens with two attached hydrogens (primary N) is 2. The van der Waals surface area contributed by atoms with E-state index in [1.54, 1.807) is 51.1 Å². The molecule has 2 aliphatic heterocycles. The van der Waals surface area contributed by atoms with E-state index >= 15 is 0 Å². The zero-order valence-electron chi connectivity index (χ0n) is 54.9. The van der Waals surface area contributed by atoms with Gasteiger partial charge in [-0.3, -0.25) is 57.7 Å². The number of carboxylic acids is 1. The fourth-order valence-electron chi connectivity index (χ4n) is 9.55. The van der Waals surface area contributed by atoms with Crippen molar-refractivity contribution in [2.24, 2.45) is 32.7 Å². The molecule has 1 aromatic carbocycles. The first-order chi connectivity index (χ1) is 44.5. The third-order valence-electron chi connectivity index (χ3n) is 16.0. The molecule has 0 aliphatic carbocycles. The second-order valence-electron chi connectivity index (χ2n) is 24.6. The second kappa shape index (κ2) is 43.0. The Labute approximate surface area is 561 Å². The quantitative estimate of drug-likeness (QED) is 0.0146. The molecule has 2 bridgehead atoms. The van der Waals surface area contributed by atoms with E-state index in [-0.39, 0.29) is 111 Å². The van der Waals surface area contributed by atoms with Gasteiger partial charge in [0.1, 0.15) is 48.3 Å². The topological polar surface area (TPSA) is 476 Å². The van der Waals surface area contributed by atoms with Gasteiger partial charge in [-0.1, -0.05) is 62.3 Å². The Kier molecular flexibility index (Phi) is 37.1. The first kappa shape index (κ1) is 81.1. The van der Waals surface area contributed by atoms with Gasteiger partial charge >= 0.3 is 5.97 Å². The number of nitrogens with one attached hydrogen (secondary N) is 12. The van der Waals surface area contributed by atoms with Crippen LogP contribution in [0.15, 0.2) is 45.7 Å². The number of nitroso groups, excluding NO2 is 2. The van der Waals surface area contributed by atoms with E-state index in [4.69, 9.17) is 11.5 Å². The molecule has 2 heterocycles. The van der Waals surface area contributed by atoms with Crippen LogP contribution in [0, 0.1) is 15.7 Å². The number of aliphatic imine (C=N–C) groups is 1. The summed E-state index contributed by atoms with van der Waals surface area (Å²) in [6.45, 7) is 13.9. The number of amides is 10. The van der Waals surface area contributed by atoms with Crippen LogP contribution in [0.2, 0.25) is 0 Å². The summed E-state index contributed by atoms with van der Waals surface area (Å²) in [4.78, 5) is 176. The number of rotatable bonds is 32. The van der Waals surface area contributed by atoms with Crippen molar-refractivity contribution in [1.29, 1.82) is 0 Å². The van der Waals surface area contributed by atoms with Gasteiger partial charge in [-0.25, -0.2) is 0 Å². The number of hydrogen-bond acceptors (Lipinski definition) is 21. The molecule has 0 saturated carbocycles. The van der Waals surface area contributed by atoms with Crippen molar-refractivity contribution in [2.45, 2.75) is 197 Å². The zero-order chi connectivity index (χ0) is 69.8. The third kappa shape index (κ3) is 32.3. The standard InChI is InChI=1S/C60H99N17O14S3/c1-36-32-92-35-50(81)70-42(17-11-12-24-63-47(78)19-13-20-48(79)64-26-21-39(22-27-67-59(4,5)37(2)76-90)23-28-68-60(6,7)38(3)77-91)53(85)74-45-33-93-94-34-46(57(89)73-43(54(86)69-36)29-40-15-9-8-10-16-40)75-55(87)44(30-51(82)83)71-49(80)31-66-52(84)41(72-56(45)88)18-14-25-65-58(61)62/h8-10,15-16,36-39,41-46,67-68H,11-14,17-35H2,1-7H3,(H,63,78)(H,64,79)(H,66,84)(H,69,86)(H,70,81)(H,71,80)(H,72,88)(H,73,89)(H,74,85)(H,75,87)(H,82,83)(H4,61,62,65)/t36-,37?,38?,39?,41+,42+,43+,44+,45+,46+/m1/s1. The fourth-order valence-corrected chi connectivity index (χ4v) is 12.7. The minimum atomic E-state index is -1.75. The van der Waals surface area contributed by atoms with E-state index < -0.39 is 132 Å². The van der Waals surface area contributed by atoms with Crippen molar-refractivity contribution in [1.82, 2.24) is 63.8 Å². The van der Waals surface area contributed by atoms with Crippen molar-refractivity contribution in [3.05, 3.63) is 45.7 Å². The molecule has 2 aliphatic rings. The summed E-state index contributed by atoms with van der Waals surface area (Å²) >= 11 is 1.14. The van der Waals surface area contributed by atoms with Crippen LogP contribution < -0.4 is 75.3 Å². The maximum atomic E-state index is 14.4. The summed E-state index contributed by atoms with van der Waals surface area (Å²) in [5.74, 6) is -9.19. The Morgan fingerprint density at radius 1 is 0.606 bits per heavy atom. The number of carbonyl (C=O) groups is 11. The molecule has 17 N–H and O–H groups in total. The summed E-state index contributed by atoms with van der Waals surface area (Å²) in [6, 6.07) is -1.23. The van der Waals surface area contributed by atoms with Crippen molar-refractivity contribution in [2.75, 3.05) is 62.3 Å². The SMILES string of the molecule is CC(N=O)C(C)(C)NCCC(CCNC(=O)CCCC(=O)NCCCC[C@@H]1NC(=O)CSC[C@@H](C)NC(=O)[C@H](Cc2ccccc2)NC(=O)[C@@H]2CSSC[C@H](NC1=O)C(=O)N[C@@H](CCCN=C(N)N)C(=O)NCC(=O)N[C@@H](CC(=O)O)C(=O)N2)CCNC(C)(C)C(C)N=O. The Hall–Kier alpha value is -7.17. The number of unbranched alkanes of at least 4 members (excludes halogenated alkanes) is 1. The van der Waals surface area contributed by atoms with Gasteiger partial charge in [-0.15, -0.1) is 11.8 Å². The number of guanidine groups is 1. The van der Waals surface area contributed by atoms with Gasteiger partial charge in [-0.2, -0.15) is 9.81 Å². The fraction of sp³-hybridized carbons (Fsp3) is 0.700. The van der Waals surface area contributed by atoms with E-state index in [1.165, 1.54) is 0 Å². The largest absolute Gasteiger partial charge is 0.481 e. The molecule has 2 saturated heterocycles. The predicted molar refractivity (Wildman–Crippen MR) is 362 cm³/mol. The van der Waals surface area contributed by atoms with Crippen LogP contribution in [0.25, 0.3) is 0 Å². The van der Waals surface area contributed by atoms with Gasteiger partial charge in [0, 0.05) is 73.3 Å². The number of hydrogen-bond donors (Lipinski definition) is 15. The minimum absolute atomic E-state index is 0.00166. The van der Waals surface area contributed by atoms with Crippen LogP contribution in [0.5, 0.6) is 0 Å². The number of benzene rings is 1. The molecule has 2 unspecified atom stereocenters. The van der Waals surface area contributed by atoms with Crippen LogP contribution >= 0.6 is 33.3 Å². The highest BCUT2D eigenvalue weighted by molar-refractivity contribution is 8.76. The zero-order valence-corrected chi connectivity index (χ0v) is 57.3. The summed E-state index contributed by atoms with van der Waals surface area (Å²) in [6.07, 6.45) is 2.36. The molecule has 10 amide bonds. The highest BCUT2D eigenvalue weighted by atomic mass is 33.1. The molecule has 9 atom stereocenters. The maximum Gasteiger partial charge on any atom is 0.305 e. The lowest BCUT2D eigenvalue weighted by Crippen LogP contribution is -2.59. The highest BCUT2D eigenvalue weighted by Crippen LogP contribution is 2.25. The maximum absolute atomic E-state index is 14.4. The monoisotopic (exact) mass is 1380 g/mol. The molecule has 0 spiro atoms. The van der Waals surface area contributed by atoms with E-state index in [0.29, 0.717) is 38.0 Å². The molecule has 3 rings (SSSR count). The summed E-state index contributed by atoms with van der Waals surface area (Å²) in [7, 11) is 1.94. The molecule has 0 aromatic heterocycles. The number of fused-ring (bicyclic) bond motifs is 5. The first-order valence-electron chi connectivity index (χ1n) is 31.7. The van der Waals surface area contributed by atoms with Crippen LogP contribution in [-0.4, -0.2) is 204 Å². The Morgan fingerprint density at radius 2 is 1.12 bits per heavy atom. The molecular weight excluding hydrogens is 1280 g/mol. The minimum Gasteiger partial charge on any atom is -0.481 e. The van der Waals surface area contributed by atoms with Crippen molar-refractivity contribution in [3.8, 4) is 0 Å². The van der Waals surface area contributed by atoms with Gasteiger partial charge in [0.25, 0.3) is 0 Å². The normalized spacial score (nSPS) is 22.2. The van der Waals surface area contributed by atoms with Crippen molar-refractivity contribution in [3.63, 3.8) is 0 Å². The lowest BCUT2D eigenvalue weighted by molar-refractivity contribution is -0.141.